The molecule has 1 atom stereocenters. The molecular weight excluding hydrogens is 288 g/mol. The van der Waals surface area contributed by atoms with Crippen LogP contribution in [0.2, 0.25) is 0 Å². The summed E-state index contributed by atoms with van der Waals surface area (Å²) in [4.78, 5) is 13.2. The molecule has 0 radical (unpaired) electrons. The van der Waals surface area contributed by atoms with Crippen molar-refractivity contribution in [3.05, 3.63) is 5.82 Å². The molecule has 1 fully saturated rings. The number of hydrogen-bond acceptors (Lipinski definition) is 5. The molecule has 0 aliphatic carbocycles. The standard InChI is InChI=1S/C14H24N4O2S/c1-3-12-15-16-14(21-10-13(19)20)18(12)11(2)9-17-7-5-4-6-8-17/h11H,3-10H2,1-2H3,(H,19,20). The Morgan fingerprint density at radius 1 is 1.33 bits per heavy atom. The number of carboxylic acid groups (broad SMARTS) is 1. The zero-order valence-corrected chi connectivity index (χ0v) is 13.6. The number of aryl methyl sites for hydroxylation is 1. The lowest BCUT2D eigenvalue weighted by Gasteiger charge is -2.30. The molecule has 0 bridgehead atoms. The van der Waals surface area contributed by atoms with E-state index in [1.165, 1.54) is 31.0 Å². The molecular formula is C14H24N4O2S. The van der Waals surface area contributed by atoms with Crippen molar-refractivity contribution in [1.82, 2.24) is 19.7 Å². The number of piperidine rings is 1. The summed E-state index contributed by atoms with van der Waals surface area (Å²) in [6, 6.07) is 0.268. The Morgan fingerprint density at radius 3 is 2.67 bits per heavy atom. The van der Waals surface area contributed by atoms with Crippen LogP contribution in [-0.4, -0.2) is 56.1 Å². The summed E-state index contributed by atoms with van der Waals surface area (Å²) in [5, 5.41) is 17.9. The van der Waals surface area contributed by atoms with Crippen molar-refractivity contribution in [2.45, 2.75) is 50.7 Å². The van der Waals surface area contributed by atoms with Crippen molar-refractivity contribution >= 4 is 17.7 Å². The minimum Gasteiger partial charge on any atom is -0.481 e. The summed E-state index contributed by atoms with van der Waals surface area (Å²) in [7, 11) is 0. The average molecular weight is 312 g/mol. The SMILES string of the molecule is CCc1nnc(SCC(=O)O)n1C(C)CN1CCCCC1. The summed E-state index contributed by atoms with van der Waals surface area (Å²) in [6.45, 7) is 7.52. The highest BCUT2D eigenvalue weighted by Gasteiger charge is 2.20. The Labute approximate surface area is 129 Å². The van der Waals surface area contributed by atoms with Crippen LogP contribution in [0.5, 0.6) is 0 Å². The molecule has 1 N–H and O–H groups in total. The van der Waals surface area contributed by atoms with Crippen LogP contribution in [0.15, 0.2) is 5.16 Å². The van der Waals surface area contributed by atoms with Crippen molar-refractivity contribution in [3.8, 4) is 0 Å². The highest BCUT2D eigenvalue weighted by atomic mass is 32.2. The molecule has 118 valence electrons. The molecule has 0 spiro atoms. The Hall–Kier alpha value is -1.08. The van der Waals surface area contributed by atoms with Gasteiger partial charge in [0.1, 0.15) is 5.82 Å². The second-order valence-electron chi connectivity index (χ2n) is 5.52. The third kappa shape index (κ3) is 4.44. The van der Waals surface area contributed by atoms with Gasteiger partial charge in [-0.1, -0.05) is 25.1 Å². The lowest BCUT2D eigenvalue weighted by atomic mass is 10.1. The Balaban J connectivity index is 2.07. The minimum absolute atomic E-state index is 0.0261. The molecule has 1 aliphatic heterocycles. The van der Waals surface area contributed by atoms with Crippen LogP contribution in [0.4, 0.5) is 0 Å². The second kappa shape index (κ2) is 7.79. The number of hydrogen-bond donors (Lipinski definition) is 1. The molecule has 1 aliphatic rings. The van der Waals surface area contributed by atoms with Crippen LogP contribution in [0.1, 0.15) is 45.0 Å². The molecule has 1 aromatic heterocycles. The van der Waals surface area contributed by atoms with E-state index in [2.05, 4.69) is 33.5 Å². The lowest BCUT2D eigenvalue weighted by molar-refractivity contribution is -0.133. The number of likely N-dealkylation sites (tertiary alicyclic amines) is 1. The van der Waals surface area contributed by atoms with E-state index in [1.54, 1.807) is 0 Å². The van der Waals surface area contributed by atoms with Crippen molar-refractivity contribution in [3.63, 3.8) is 0 Å². The highest BCUT2D eigenvalue weighted by molar-refractivity contribution is 7.99. The molecule has 1 saturated heterocycles. The zero-order valence-electron chi connectivity index (χ0n) is 12.8. The molecule has 7 heteroatoms. The maximum Gasteiger partial charge on any atom is 0.313 e. The lowest BCUT2D eigenvalue weighted by Crippen LogP contribution is -2.34. The molecule has 1 aromatic rings. The van der Waals surface area contributed by atoms with Crippen LogP contribution in [0.3, 0.4) is 0 Å². The fraction of sp³-hybridized carbons (Fsp3) is 0.786. The summed E-state index contributed by atoms with van der Waals surface area (Å²) >= 11 is 1.25. The first-order valence-corrected chi connectivity index (χ1v) is 8.61. The van der Waals surface area contributed by atoms with Gasteiger partial charge in [0.05, 0.1) is 5.75 Å². The van der Waals surface area contributed by atoms with E-state index in [1.807, 2.05) is 0 Å². The fourth-order valence-corrected chi connectivity index (χ4v) is 3.59. The van der Waals surface area contributed by atoms with Gasteiger partial charge in [0.2, 0.25) is 0 Å². The number of carboxylic acids is 1. The summed E-state index contributed by atoms with van der Waals surface area (Å²) in [5.74, 6) is 0.141. The quantitative estimate of drug-likeness (QED) is 0.777. The van der Waals surface area contributed by atoms with Gasteiger partial charge in [-0.15, -0.1) is 10.2 Å². The van der Waals surface area contributed by atoms with Crippen molar-refractivity contribution in [2.75, 3.05) is 25.4 Å². The summed E-state index contributed by atoms with van der Waals surface area (Å²) in [5.41, 5.74) is 0. The van der Waals surface area contributed by atoms with Gasteiger partial charge >= 0.3 is 5.97 Å². The van der Waals surface area contributed by atoms with Crippen molar-refractivity contribution < 1.29 is 9.90 Å². The number of thioether (sulfide) groups is 1. The monoisotopic (exact) mass is 312 g/mol. The van der Waals surface area contributed by atoms with Gasteiger partial charge in [-0.2, -0.15) is 0 Å². The highest BCUT2D eigenvalue weighted by Crippen LogP contribution is 2.23. The smallest absolute Gasteiger partial charge is 0.313 e. The van der Waals surface area contributed by atoms with Gasteiger partial charge in [0.15, 0.2) is 5.16 Å². The molecule has 1 unspecified atom stereocenters. The van der Waals surface area contributed by atoms with E-state index in [0.717, 1.165) is 37.0 Å². The number of rotatable bonds is 7. The van der Waals surface area contributed by atoms with Gasteiger partial charge in [-0.3, -0.25) is 4.79 Å². The van der Waals surface area contributed by atoms with Gasteiger partial charge in [0, 0.05) is 19.0 Å². The Morgan fingerprint density at radius 2 is 2.05 bits per heavy atom. The largest absolute Gasteiger partial charge is 0.481 e. The molecule has 21 heavy (non-hydrogen) atoms. The van der Waals surface area contributed by atoms with E-state index in [0.29, 0.717) is 0 Å². The molecule has 2 heterocycles. The van der Waals surface area contributed by atoms with Gasteiger partial charge in [-0.05, 0) is 32.9 Å². The Kier molecular flexibility index (Phi) is 6.05. The Bertz CT molecular complexity index is 472. The minimum atomic E-state index is -0.823. The van der Waals surface area contributed by atoms with Crippen LogP contribution >= 0.6 is 11.8 Å². The molecule has 2 rings (SSSR count). The number of aliphatic carboxylic acids is 1. The van der Waals surface area contributed by atoms with Gasteiger partial charge in [-0.25, -0.2) is 0 Å². The average Bonchev–Trinajstić information content (AvgIpc) is 2.89. The third-order valence-electron chi connectivity index (χ3n) is 3.79. The summed E-state index contributed by atoms with van der Waals surface area (Å²) in [6.07, 6.45) is 4.69. The predicted molar refractivity (Wildman–Crippen MR) is 82.8 cm³/mol. The van der Waals surface area contributed by atoms with E-state index >= 15 is 0 Å². The van der Waals surface area contributed by atoms with Crippen LogP contribution in [-0.2, 0) is 11.2 Å². The van der Waals surface area contributed by atoms with Crippen LogP contribution < -0.4 is 0 Å². The first kappa shape index (κ1) is 16.3. The number of aromatic nitrogens is 3. The third-order valence-corrected chi connectivity index (χ3v) is 4.72. The molecule has 0 aromatic carbocycles. The number of nitrogens with zero attached hydrogens (tertiary/aromatic N) is 4. The molecule has 6 nitrogen and oxygen atoms in total. The van der Waals surface area contributed by atoms with Gasteiger partial charge < -0.3 is 14.6 Å². The summed E-state index contributed by atoms with van der Waals surface area (Å²) < 4.78 is 2.11. The molecule has 0 saturated carbocycles. The fourth-order valence-electron chi connectivity index (χ4n) is 2.81. The normalized spacial score (nSPS) is 17.8. The van der Waals surface area contributed by atoms with Crippen LogP contribution in [0, 0.1) is 0 Å². The van der Waals surface area contributed by atoms with E-state index < -0.39 is 5.97 Å². The molecule has 0 amide bonds. The van der Waals surface area contributed by atoms with Crippen molar-refractivity contribution in [1.29, 1.82) is 0 Å². The second-order valence-corrected chi connectivity index (χ2v) is 6.46. The van der Waals surface area contributed by atoms with E-state index in [4.69, 9.17) is 5.11 Å². The van der Waals surface area contributed by atoms with Crippen molar-refractivity contribution in [2.24, 2.45) is 0 Å². The predicted octanol–water partition coefficient (Wildman–Crippen LogP) is 2.06. The van der Waals surface area contributed by atoms with Gasteiger partial charge in [0.25, 0.3) is 0 Å². The first-order valence-electron chi connectivity index (χ1n) is 7.62. The topological polar surface area (TPSA) is 71.2 Å². The number of carbonyl (C=O) groups is 1. The maximum atomic E-state index is 10.8. The zero-order chi connectivity index (χ0) is 15.2. The maximum absolute atomic E-state index is 10.8. The van der Waals surface area contributed by atoms with E-state index in [-0.39, 0.29) is 11.8 Å². The van der Waals surface area contributed by atoms with E-state index in [9.17, 15) is 4.79 Å². The first-order chi connectivity index (χ1) is 10.1. The van der Waals surface area contributed by atoms with Crippen LogP contribution in [0.25, 0.3) is 0 Å².